The first-order chi connectivity index (χ1) is 8.99. The lowest BCUT2D eigenvalue weighted by molar-refractivity contribution is 0.0914. The Balaban J connectivity index is 2.05. The monoisotopic (exact) mass is 264 g/mol. The maximum atomic E-state index is 12.2. The van der Waals surface area contributed by atoms with Gasteiger partial charge in [-0.3, -0.25) is 9.48 Å². The van der Waals surface area contributed by atoms with Gasteiger partial charge in [0.15, 0.2) is 0 Å². The Kier molecular flexibility index (Phi) is 4.24. The van der Waals surface area contributed by atoms with E-state index in [1.54, 1.807) is 4.68 Å². The Morgan fingerprint density at radius 1 is 1.58 bits per heavy atom. The molecule has 5 nitrogen and oxygen atoms in total. The lowest BCUT2D eigenvalue weighted by Crippen LogP contribution is -2.52. The van der Waals surface area contributed by atoms with Crippen molar-refractivity contribution in [1.29, 1.82) is 0 Å². The van der Waals surface area contributed by atoms with Crippen LogP contribution in [0.25, 0.3) is 0 Å². The van der Waals surface area contributed by atoms with Gasteiger partial charge in [0.05, 0.1) is 0 Å². The number of rotatable bonds is 3. The van der Waals surface area contributed by atoms with Crippen LogP contribution >= 0.6 is 0 Å². The second-order valence-electron chi connectivity index (χ2n) is 5.70. The topological polar surface area (TPSA) is 59.0 Å². The van der Waals surface area contributed by atoms with Crippen LogP contribution in [0.3, 0.4) is 0 Å². The SMILES string of the molecule is CC(C)c1cc(C(=O)NC2CCCNC2C)nn1C. The number of hydrogen-bond acceptors (Lipinski definition) is 3. The Morgan fingerprint density at radius 2 is 2.32 bits per heavy atom. The lowest BCUT2D eigenvalue weighted by Gasteiger charge is -2.30. The third-order valence-electron chi connectivity index (χ3n) is 3.82. The summed E-state index contributed by atoms with van der Waals surface area (Å²) in [6, 6.07) is 2.41. The van der Waals surface area contributed by atoms with Crippen molar-refractivity contribution in [2.45, 2.75) is 51.6 Å². The number of nitrogens with one attached hydrogen (secondary N) is 2. The van der Waals surface area contributed by atoms with Gasteiger partial charge in [-0.05, 0) is 38.3 Å². The van der Waals surface area contributed by atoms with Gasteiger partial charge in [0.25, 0.3) is 5.91 Å². The average Bonchev–Trinajstić information content (AvgIpc) is 2.74. The average molecular weight is 264 g/mol. The predicted molar refractivity (Wildman–Crippen MR) is 75.2 cm³/mol. The first kappa shape index (κ1) is 14.1. The molecule has 0 aromatic carbocycles. The zero-order chi connectivity index (χ0) is 14.0. The van der Waals surface area contributed by atoms with Gasteiger partial charge >= 0.3 is 0 Å². The number of amides is 1. The molecule has 1 amide bonds. The molecule has 2 heterocycles. The molecule has 2 atom stereocenters. The van der Waals surface area contributed by atoms with E-state index in [-0.39, 0.29) is 11.9 Å². The van der Waals surface area contributed by atoms with Crippen molar-refractivity contribution in [2.75, 3.05) is 6.54 Å². The van der Waals surface area contributed by atoms with Crippen molar-refractivity contribution in [3.8, 4) is 0 Å². The smallest absolute Gasteiger partial charge is 0.272 e. The summed E-state index contributed by atoms with van der Waals surface area (Å²) >= 11 is 0. The maximum Gasteiger partial charge on any atom is 0.272 e. The fraction of sp³-hybridized carbons (Fsp3) is 0.714. The molecule has 2 unspecified atom stereocenters. The third-order valence-corrected chi connectivity index (χ3v) is 3.82. The number of hydrogen-bond donors (Lipinski definition) is 2. The van der Waals surface area contributed by atoms with E-state index in [9.17, 15) is 4.79 Å². The summed E-state index contributed by atoms with van der Waals surface area (Å²) < 4.78 is 1.79. The zero-order valence-corrected chi connectivity index (χ0v) is 12.2. The summed E-state index contributed by atoms with van der Waals surface area (Å²) in [7, 11) is 1.89. The molecule has 1 aromatic rings. The second-order valence-corrected chi connectivity index (χ2v) is 5.70. The Labute approximate surface area is 114 Å². The van der Waals surface area contributed by atoms with E-state index < -0.39 is 0 Å². The first-order valence-electron chi connectivity index (χ1n) is 7.07. The molecule has 2 N–H and O–H groups in total. The molecular formula is C14H24N4O. The van der Waals surface area contributed by atoms with Gasteiger partial charge in [0.2, 0.25) is 0 Å². The molecule has 0 spiro atoms. The highest BCUT2D eigenvalue weighted by molar-refractivity contribution is 5.92. The molecular weight excluding hydrogens is 240 g/mol. The van der Waals surface area contributed by atoms with Crippen molar-refractivity contribution in [1.82, 2.24) is 20.4 Å². The van der Waals surface area contributed by atoms with Gasteiger partial charge in [-0.25, -0.2) is 0 Å². The molecule has 0 radical (unpaired) electrons. The van der Waals surface area contributed by atoms with Crippen molar-refractivity contribution in [3.05, 3.63) is 17.5 Å². The van der Waals surface area contributed by atoms with Crippen LogP contribution in [-0.2, 0) is 7.05 Å². The Morgan fingerprint density at radius 3 is 2.89 bits per heavy atom. The minimum absolute atomic E-state index is 0.0666. The first-order valence-corrected chi connectivity index (χ1v) is 7.07. The minimum Gasteiger partial charge on any atom is -0.346 e. The van der Waals surface area contributed by atoms with Crippen molar-refractivity contribution in [3.63, 3.8) is 0 Å². The summed E-state index contributed by atoms with van der Waals surface area (Å²) in [5.74, 6) is 0.303. The molecule has 0 bridgehead atoms. The second kappa shape index (κ2) is 5.74. The van der Waals surface area contributed by atoms with Gasteiger partial charge < -0.3 is 10.6 Å². The van der Waals surface area contributed by atoms with E-state index in [0.717, 1.165) is 25.1 Å². The molecule has 0 aliphatic carbocycles. The summed E-state index contributed by atoms with van der Waals surface area (Å²) in [6.45, 7) is 7.36. The summed E-state index contributed by atoms with van der Waals surface area (Å²) in [4.78, 5) is 12.2. The quantitative estimate of drug-likeness (QED) is 0.868. The van der Waals surface area contributed by atoms with Crippen LogP contribution in [0, 0.1) is 0 Å². The maximum absolute atomic E-state index is 12.2. The lowest BCUT2D eigenvalue weighted by atomic mass is 10.00. The number of nitrogens with zero attached hydrogens (tertiary/aromatic N) is 2. The minimum atomic E-state index is -0.0666. The normalized spacial score (nSPS) is 23.6. The van der Waals surface area contributed by atoms with E-state index in [2.05, 4.69) is 36.5 Å². The highest BCUT2D eigenvalue weighted by atomic mass is 16.2. The van der Waals surface area contributed by atoms with Gasteiger partial charge in [-0.2, -0.15) is 5.10 Å². The zero-order valence-electron chi connectivity index (χ0n) is 12.2. The van der Waals surface area contributed by atoms with Crippen LogP contribution in [0.4, 0.5) is 0 Å². The van der Waals surface area contributed by atoms with Gasteiger partial charge in [0.1, 0.15) is 5.69 Å². The molecule has 106 valence electrons. The van der Waals surface area contributed by atoms with Crippen LogP contribution in [0.2, 0.25) is 0 Å². The molecule has 1 aromatic heterocycles. The third kappa shape index (κ3) is 3.15. The van der Waals surface area contributed by atoms with Gasteiger partial charge in [0, 0.05) is 24.8 Å². The van der Waals surface area contributed by atoms with E-state index in [4.69, 9.17) is 0 Å². The molecule has 1 aliphatic heterocycles. The predicted octanol–water partition coefficient (Wildman–Crippen LogP) is 1.41. The molecule has 2 rings (SSSR count). The van der Waals surface area contributed by atoms with E-state index >= 15 is 0 Å². The molecule has 0 saturated carbocycles. The van der Waals surface area contributed by atoms with Crippen LogP contribution in [0.5, 0.6) is 0 Å². The van der Waals surface area contributed by atoms with Crippen molar-refractivity contribution in [2.24, 2.45) is 7.05 Å². The van der Waals surface area contributed by atoms with Crippen LogP contribution < -0.4 is 10.6 Å². The summed E-state index contributed by atoms with van der Waals surface area (Å²) in [6.07, 6.45) is 2.14. The number of piperidine rings is 1. The van der Waals surface area contributed by atoms with Crippen LogP contribution in [0.15, 0.2) is 6.07 Å². The Bertz CT molecular complexity index is 452. The fourth-order valence-electron chi connectivity index (χ4n) is 2.62. The number of carbonyl (C=O) groups excluding carboxylic acids is 1. The Hall–Kier alpha value is -1.36. The molecule has 19 heavy (non-hydrogen) atoms. The standard InChI is InChI=1S/C14H24N4O/c1-9(2)13-8-12(17-18(13)4)14(19)16-11-6-5-7-15-10(11)3/h8-11,15H,5-7H2,1-4H3,(H,16,19). The van der Waals surface area contributed by atoms with Crippen LogP contribution in [0.1, 0.15) is 55.7 Å². The number of aromatic nitrogens is 2. The summed E-state index contributed by atoms with van der Waals surface area (Å²) in [5.41, 5.74) is 1.60. The summed E-state index contributed by atoms with van der Waals surface area (Å²) in [5, 5.41) is 10.8. The molecule has 1 fully saturated rings. The molecule has 1 aliphatic rings. The van der Waals surface area contributed by atoms with Gasteiger partial charge in [-0.1, -0.05) is 13.8 Å². The number of aryl methyl sites for hydroxylation is 1. The highest BCUT2D eigenvalue weighted by Crippen LogP contribution is 2.15. The molecule has 5 heteroatoms. The molecule has 1 saturated heterocycles. The van der Waals surface area contributed by atoms with E-state index in [1.807, 2.05) is 13.1 Å². The van der Waals surface area contributed by atoms with E-state index in [0.29, 0.717) is 17.7 Å². The fourth-order valence-corrected chi connectivity index (χ4v) is 2.62. The van der Waals surface area contributed by atoms with E-state index in [1.165, 1.54) is 0 Å². The van der Waals surface area contributed by atoms with Crippen LogP contribution in [-0.4, -0.2) is 34.3 Å². The largest absolute Gasteiger partial charge is 0.346 e. The van der Waals surface area contributed by atoms with Crippen molar-refractivity contribution >= 4 is 5.91 Å². The van der Waals surface area contributed by atoms with Crippen molar-refractivity contribution < 1.29 is 4.79 Å². The number of carbonyl (C=O) groups is 1. The highest BCUT2D eigenvalue weighted by Gasteiger charge is 2.24. The van der Waals surface area contributed by atoms with Gasteiger partial charge in [-0.15, -0.1) is 0 Å².